The predicted octanol–water partition coefficient (Wildman–Crippen LogP) is 3.34. The summed E-state index contributed by atoms with van der Waals surface area (Å²) in [6.45, 7) is 2.09. The van der Waals surface area contributed by atoms with E-state index < -0.39 is 0 Å². The van der Waals surface area contributed by atoms with Gasteiger partial charge in [0.25, 0.3) is 0 Å². The van der Waals surface area contributed by atoms with Gasteiger partial charge in [0.05, 0.1) is 4.87 Å². The van der Waals surface area contributed by atoms with Gasteiger partial charge in [0.1, 0.15) is 12.1 Å². The Morgan fingerprint density at radius 1 is 1.22 bits per heavy atom. The van der Waals surface area contributed by atoms with Crippen molar-refractivity contribution in [2.24, 2.45) is 11.8 Å². The zero-order valence-corrected chi connectivity index (χ0v) is 14.8. The quantitative estimate of drug-likeness (QED) is 0.725. The second-order valence-corrected chi connectivity index (χ2v) is 9.44. The second-order valence-electron chi connectivity index (χ2n) is 7.94. The molecule has 23 heavy (non-hydrogen) atoms. The summed E-state index contributed by atoms with van der Waals surface area (Å²) < 4.78 is 5.88. The van der Waals surface area contributed by atoms with Gasteiger partial charge in [-0.3, -0.25) is 4.79 Å². The third kappa shape index (κ3) is 2.79. The Morgan fingerprint density at radius 3 is 2.83 bits per heavy atom. The van der Waals surface area contributed by atoms with Crippen molar-refractivity contribution in [1.29, 1.82) is 0 Å². The van der Waals surface area contributed by atoms with Crippen molar-refractivity contribution in [1.82, 2.24) is 4.90 Å². The number of nitrogens with zero attached hydrogens (tertiary/aromatic N) is 1. The first-order chi connectivity index (χ1) is 11.1. The first-order valence-corrected chi connectivity index (χ1v) is 10.2. The van der Waals surface area contributed by atoms with Crippen LogP contribution in [-0.4, -0.2) is 39.5 Å². The Balaban J connectivity index is 1.38. The smallest absolute Gasteiger partial charge is 0.330 e. The van der Waals surface area contributed by atoms with Crippen molar-refractivity contribution in [2.75, 3.05) is 5.75 Å². The number of rotatable bonds is 2. The van der Waals surface area contributed by atoms with Gasteiger partial charge in [-0.2, -0.15) is 0 Å². The molecule has 0 aromatic rings. The fourth-order valence-corrected chi connectivity index (χ4v) is 6.59. The molecule has 0 spiro atoms. The number of carbonyl (C=O) groups is 2. The number of hydrogen-bond acceptors (Lipinski definition) is 4. The SMILES string of the molecule is C[C@]12CCC(=O)N1[C@H](C(=O)O[C@@H]1CC[C@H]3CCCC[C@H]3C1)CS2. The van der Waals surface area contributed by atoms with Gasteiger partial charge in [0.15, 0.2) is 0 Å². The van der Waals surface area contributed by atoms with Crippen LogP contribution in [0.1, 0.15) is 64.7 Å². The lowest BCUT2D eigenvalue weighted by Crippen LogP contribution is -2.47. The molecule has 1 amide bonds. The third-order valence-electron chi connectivity index (χ3n) is 6.49. The molecule has 0 N–H and O–H groups in total. The fourth-order valence-electron chi connectivity index (χ4n) is 5.18. The van der Waals surface area contributed by atoms with Crippen LogP contribution in [0.4, 0.5) is 0 Å². The maximum atomic E-state index is 12.7. The Bertz CT molecular complexity index is 510. The van der Waals surface area contributed by atoms with E-state index in [1.54, 1.807) is 11.8 Å². The maximum absolute atomic E-state index is 12.7. The Morgan fingerprint density at radius 2 is 2.00 bits per heavy atom. The van der Waals surface area contributed by atoms with Crippen LogP contribution in [0.5, 0.6) is 0 Å². The standard InChI is InChI=1S/C18H27NO3S/c1-18-9-8-16(20)19(18)15(11-23-18)17(21)22-14-7-6-12-4-2-3-5-13(12)10-14/h12-15H,2-11H2,1H3/t12-,13+,14-,15+,18+/m1/s1. The summed E-state index contributed by atoms with van der Waals surface area (Å²) in [6, 6.07) is -0.357. The molecule has 5 heteroatoms. The summed E-state index contributed by atoms with van der Waals surface area (Å²) in [5, 5.41) is 0. The molecular formula is C18H27NO3S. The van der Waals surface area contributed by atoms with Crippen LogP contribution in [0.2, 0.25) is 0 Å². The third-order valence-corrected chi connectivity index (χ3v) is 8.00. The molecule has 5 atom stereocenters. The minimum Gasteiger partial charge on any atom is -0.461 e. The van der Waals surface area contributed by atoms with Crippen molar-refractivity contribution in [2.45, 2.75) is 81.7 Å². The van der Waals surface area contributed by atoms with E-state index in [0.717, 1.165) is 31.1 Å². The molecule has 4 nitrogen and oxygen atoms in total. The molecule has 4 fully saturated rings. The van der Waals surface area contributed by atoms with Gasteiger partial charge in [0.2, 0.25) is 5.91 Å². The van der Waals surface area contributed by atoms with E-state index in [9.17, 15) is 9.59 Å². The number of ether oxygens (including phenoxy) is 1. The van der Waals surface area contributed by atoms with E-state index in [1.165, 1.54) is 32.1 Å². The van der Waals surface area contributed by atoms with E-state index in [2.05, 4.69) is 6.92 Å². The van der Waals surface area contributed by atoms with Crippen LogP contribution < -0.4 is 0 Å². The molecule has 4 aliphatic rings. The van der Waals surface area contributed by atoms with Crippen molar-refractivity contribution in [3.05, 3.63) is 0 Å². The summed E-state index contributed by atoms with van der Waals surface area (Å²) >= 11 is 1.74. The number of carbonyl (C=O) groups excluding carboxylic acids is 2. The average Bonchev–Trinajstić information content (AvgIpc) is 3.04. The number of esters is 1. The molecule has 128 valence electrons. The van der Waals surface area contributed by atoms with Crippen molar-refractivity contribution in [3.63, 3.8) is 0 Å². The highest BCUT2D eigenvalue weighted by molar-refractivity contribution is 8.01. The van der Waals surface area contributed by atoms with E-state index >= 15 is 0 Å². The highest BCUT2D eigenvalue weighted by Crippen LogP contribution is 2.48. The molecule has 2 heterocycles. The van der Waals surface area contributed by atoms with Gasteiger partial charge >= 0.3 is 5.97 Å². The van der Waals surface area contributed by atoms with E-state index in [-0.39, 0.29) is 28.9 Å². The molecule has 0 radical (unpaired) electrons. The molecule has 2 aliphatic carbocycles. The summed E-state index contributed by atoms with van der Waals surface area (Å²) in [5.74, 6) is 2.28. The molecule has 2 aliphatic heterocycles. The van der Waals surface area contributed by atoms with Gasteiger partial charge < -0.3 is 9.64 Å². The summed E-state index contributed by atoms with van der Waals surface area (Å²) in [5.41, 5.74) is 0. The summed E-state index contributed by atoms with van der Waals surface area (Å²) in [4.78, 5) is 26.5. The molecule has 2 saturated heterocycles. The van der Waals surface area contributed by atoms with Crippen LogP contribution in [0.3, 0.4) is 0 Å². The lowest BCUT2D eigenvalue weighted by Gasteiger charge is -2.39. The van der Waals surface area contributed by atoms with Crippen LogP contribution in [0.25, 0.3) is 0 Å². The van der Waals surface area contributed by atoms with Crippen molar-refractivity contribution >= 4 is 23.6 Å². The Labute approximate surface area is 142 Å². The van der Waals surface area contributed by atoms with E-state index in [4.69, 9.17) is 4.74 Å². The molecular weight excluding hydrogens is 310 g/mol. The summed E-state index contributed by atoms with van der Waals surface area (Å²) in [6.07, 6.45) is 10.2. The zero-order chi connectivity index (χ0) is 16.0. The van der Waals surface area contributed by atoms with Gasteiger partial charge in [0, 0.05) is 12.2 Å². The lowest BCUT2D eigenvalue weighted by molar-refractivity contribution is -0.161. The zero-order valence-electron chi connectivity index (χ0n) is 14.0. The fraction of sp³-hybridized carbons (Fsp3) is 0.889. The molecule has 0 unspecified atom stereocenters. The van der Waals surface area contributed by atoms with Crippen LogP contribution in [0.15, 0.2) is 0 Å². The molecule has 0 aromatic carbocycles. The first kappa shape index (κ1) is 15.8. The average molecular weight is 337 g/mol. The molecule has 0 bridgehead atoms. The number of fused-ring (bicyclic) bond motifs is 2. The van der Waals surface area contributed by atoms with Gasteiger partial charge in [-0.05, 0) is 44.4 Å². The van der Waals surface area contributed by atoms with Crippen molar-refractivity contribution < 1.29 is 14.3 Å². The minimum atomic E-state index is -0.357. The van der Waals surface area contributed by atoms with Crippen LogP contribution >= 0.6 is 11.8 Å². The number of amides is 1. The lowest BCUT2D eigenvalue weighted by atomic mass is 9.70. The minimum absolute atomic E-state index is 0.0800. The number of thioether (sulfide) groups is 1. The van der Waals surface area contributed by atoms with Crippen LogP contribution in [-0.2, 0) is 14.3 Å². The highest BCUT2D eigenvalue weighted by atomic mass is 32.2. The van der Waals surface area contributed by atoms with Gasteiger partial charge in [-0.1, -0.05) is 25.7 Å². The van der Waals surface area contributed by atoms with Gasteiger partial charge in [-0.15, -0.1) is 11.8 Å². The Kier molecular flexibility index (Phi) is 4.11. The Hall–Kier alpha value is -0.710. The monoisotopic (exact) mass is 337 g/mol. The van der Waals surface area contributed by atoms with Crippen LogP contribution in [0, 0.1) is 11.8 Å². The predicted molar refractivity (Wildman–Crippen MR) is 89.9 cm³/mol. The summed E-state index contributed by atoms with van der Waals surface area (Å²) in [7, 11) is 0. The first-order valence-electron chi connectivity index (χ1n) is 9.23. The van der Waals surface area contributed by atoms with E-state index in [0.29, 0.717) is 12.2 Å². The molecule has 2 saturated carbocycles. The molecule has 0 aromatic heterocycles. The van der Waals surface area contributed by atoms with E-state index in [1.807, 2.05) is 4.90 Å². The van der Waals surface area contributed by atoms with Gasteiger partial charge in [-0.25, -0.2) is 4.79 Å². The van der Waals surface area contributed by atoms with Crippen molar-refractivity contribution in [3.8, 4) is 0 Å². The topological polar surface area (TPSA) is 46.6 Å². The second kappa shape index (κ2) is 5.98. The highest BCUT2D eigenvalue weighted by Gasteiger charge is 2.53. The maximum Gasteiger partial charge on any atom is 0.330 e. The normalized spacial score (nSPS) is 43.2. The largest absolute Gasteiger partial charge is 0.461 e. The molecule has 4 rings (SSSR count). The number of hydrogen-bond donors (Lipinski definition) is 0.